The molecule has 4 rings (SSSR count). The second-order valence-electron chi connectivity index (χ2n) is 11.2. The normalized spacial score (nSPS) is 15.1. The van der Waals surface area contributed by atoms with Gasteiger partial charge in [-0.2, -0.15) is 0 Å². The number of hydrogen-bond acceptors (Lipinski definition) is 4. The zero-order valence-corrected chi connectivity index (χ0v) is 23.2. The number of rotatable bonds is 6. The predicted octanol–water partition coefficient (Wildman–Crippen LogP) is 7.35. The molecule has 0 saturated carbocycles. The summed E-state index contributed by atoms with van der Waals surface area (Å²) in [5, 5.41) is 0.733. The van der Waals surface area contributed by atoms with E-state index in [9.17, 15) is 18.0 Å². The number of nitrogens with zero attached hydrogens (tertiary/aromatic N) is 3. The van der Waals surface area contributed by atoms with Crippen LogP contribution in [0.3, 0.4) is 0 Å². The lowest BCUT2D eigenvalue weighted by atomic mass is 9.81. The molecule has 204 valence electrons. The number of benzene rings is 2. The standard InChI is InChI=1S/C29H34F3N3O2S/c1-28(2,3)37-27(36)34-14-12-19(13-15-34)18-38-26-33-17-25(35(26)22-9-7-21(30)8-10-22)29(4,5)20-6-11-23(31)24(32)16-20/h6-11,16-17,19H,12-15,18H2,1-5H3. The Labute approximate surface area is 226 Å². The minimum Gasteiger partial charge on any atom is -0.444 e. The third kappa shape index (κ3) is 6.37. The maximum atomic E-state index is 14.1. The SMILES string of the molecule is CC(C)(C)OC(=O)N1CCC(CSc2ncc(C(C)(C)c3ccc(F)c(F)c3)n2-c2ccc(F)cc2)CC1. The molecule has 9 heteroatoms. The van der Waals surface area contributed by atoms with Gasteiger partial charge in [-0.25, -0.2) is 22.9 Å². The van der Waals surface area contributed by atoms with Gasteiger partial charge in [-0.1, -0.05) is 31.7 Å². The molecule has 0 aliphatic carbocycles. The van der Waals surface area contributed by atoms with Crippen molar-refractivity contribution in [3.63, 3.8) is 0 Å². The average Bonchev–Trinajstić information content (AvgIpc) is 3.29. The van der Waals surface area contributed by atoms with Crippen LogP contribution in [0, 0.1) is 23.4 Å². The van der Waals surface area contributed by atoms with Crippen LogP contribution < -0.4 is 0 Å². The largest absolute Gasteiger partial charge is 0.444 e. The molecule has 1 aliphatic rings. The second-order valence-corrected chi connectivity index (χ2v) is 12.2. The Morgan fingerprint density at radius 3 is 2.26 bits per heavy atom. The lowest BCUT2D eigenvalue weighted by molar-refractivity contribution is 0.0191. The Bertz CT molecular complexity index is 1280. The topological polar surface area (TPSA) is 47.4 Å². The zero-order valence-electron chi connectivity index (χ0n) is 22.4. The fourth-order valence-corrected chi connectivity index (χ4v) is 5.73. The Morgan fingerprint density at radius 1 is 1.00 bits per heavy atom. The van der Waals surface area contributed by atoms with Crippen LogP contribution in [-0.4, -0.2) is 45.0 Å². The van der Waals surface area contributed by atoms with Crippen molar-refractivity contribution in [2.75, 3.05) is 18.8 Å². The van der Waals surface area contributed by atoms with E-state index in [1.165, 1.54) is 18.2 Å². The van der Waals surface area contributed by atoms with E-state index in [-0.39, 0.29) is 11.9 Å². The van der Waals surface area contributed by atoms with Gasteiger partial charge in [0.2, 0.25) is 0 Å². The van der Waals surface area contributed by atoms with E-state index in [0.29, 0.717) is 24.6 Å². The number of hydrogen-bond donors (Lipinski definition) is 0. The summed E-state index contributed by atoms with van der Waals surface area (Å²) in [5.74, 6) is -0.965. The summed E-state index contributed by atoms with van der Waals surface area (Å²) >= 11 is 1.60. The summed E-state index contributed by atoms with van der Waals surface area (Å²) in [7, 11) is 0. The van der Waals surface area contributed by atoms with E-state index in [4.69, 9.17) is 9.72 Å². The summed E-state index contributed by atoms with van der Waals surface area (Å²) in [6, 6.07) is 10.1. The molecule has 38 heavy (non-hydrogen) atoms. The van der Waals surface area contributed by atoms with Crippen LogP contribution in [0.2, 0.25) is 0 Å². The second kappa shape index (κ2) is 11.0. The van der Waals surface area contributed by atoms with Gasteiger partial charge in [0, 0.05) is 29.9 Å². The van der Waals surface area contributed by atoms with Gasteiger partial charge in [-0.15, -0.1) is 0 Å². The molecule has 1 fully saturated rings. The van der Waals surface area contributed by atoms with E-state index in [1.54, 1.807) is 41.1 Å². The van der Waals surface area contributed by atoms with E-state index in [2.05, 4.69) is 0 Å². The van der Waals surface area contributed by atoms with Crippen LogP contribution in [0.4, 0.5) is 18.0 Å². The van der Waals surface area contributed by atoms with Crippen molar-refractivity contribution in [3.05, 3.63) is 77.4 Å². The van der Waals surface area contributed by atoms with E-state index in [1.807, 2.05) is 39.2 Å². The van der Waals surface area contributed by atoms with Crippen LogP contribution in [-0.2, 0) is 10.2 Å². The van der Waals surface area contributed by atoms with Crippen molar-refractivity contribution in [1.82, 2.24) is 14.5 Å². The minimum atomic E-state index is -0.907. The van der Waals surface area contributed by atoms with Crippen LogP contribution in [0.5, 0.6) is 0 Å². The van der Waals surface area contributed by atoms with Crippen molar-refractivity contribution in [2.24, 2.45) is 5.92 Å². The van der Waals surface area contributed by atoms with Gasteiger partial charge in [0.15, 0.2) is 16.8 Å². The van der Waals surface area contributed by atoms with Gasteiger partial charge in [0.25, 0.3) is 0 Å². The fraction of sp³-hybridized carbons (Fsp3) is 0.448. The summed E-state index contributed by atoms with van der Waals surface area (Å²) in [4.78, 5) is 18.8. The van der Waals surface area contributed by atoms with Crippen LogP contribution in [0.15, 0.2) is 53.8 Å². The Morgan fingerprint density at radius 2 is 1.66 bits per heavy atom. The Hall–Kier alpha value is -2.94. The fourth-order valence-electron chi connectivity index (χ4n) is 4.55. The molecule has 1 amide bonds. The monoisotopic (exact) mass is 545 g/mol. The van der Waals surface area contributed by atoms with E-state index in [0.717, 1.165) is 41.2 Å². The third-order valence-electron chi connectivity index (χ3n) is 6.81. The maximum Gasteiger partial charge on any atom is 0.410 e. The number of piperidine rings is 1. The number of likely N-dealkylation sites (tertiary alicyclic amines) is 1. The Kier molecular flexibility index (Phi) is 8.16. The molecular weight excluding hydrogens is 511 g/mol. The van der Waals surface area contributed by atoms with Crippen LogP contribution in [0.1, 0.15) is 58.7 Å². The molecule has 0 N–H and O–H groups in total. The number of carbonyl (C=O) groups is 1. The summed E-state index contributed by atoms with van der Waals surface area (Å²) < 4.78 is 48.9. The highest BCUT2D eigenvalue weighted by atomic mass is 32.2. The highest BCUT2D eigenvalue weighted by molar-refractivity contribution is 7.99. The molecule has 1 aliphatic heterocycles. The number of amides is 1. The lowest BCUT2D eigenvalue weighted by Gasteiger charge is -2.33. The molecule has 0 radical (unpaired) electrons. The zero-order chi connectivity index (χ0) is 27.7. The molecule has 0 spiro atoms. The van der Waals surface area contributed by atoms with E-state index >= 15 is 0 Å². The molecule has 1 aromatic heterocycles. The molecule has 1 saturated heterocycles. The first-order chi connectivity index (χ1) is 17.8. The average molecular weight is 546 g/mol. The van der Waals surface area contributed by atoms with Gasteiger partial charge in [-0.05, 0) is 81.5 Å². The molecule has 3 aromatic rings. The van der Waals surface area contributed by atoms with Crippen LogP contribution in [0.25, 0.3) is 5.69 Å². The van der Waals surface area contributed by atoms with Crippen molar-refractivity contribution in [2.45, 2.75) is 63.6 Å². The summed E-state index contributed by atoms with van der Waals surface area (Å²) in [6.45, 7) is 10.7. The first-order valence-electron chi connectivity index (χ1n) is 12.8. The quantitative estimate of drug-likeness (QED) is 0.304. The predicted molar refractivity (Wildman–Crippen MR) is 143 cm³/mol. The first kappa shape index (κ1) is 28.1. The van der Waals surface area contributed by atoms with Crippen molar-refractivity contribution in [3.8, 4) is 5.69 Å². The van der Waals surface area contributed by atoms with Crippen molar-refractivity contribution < 1.29 is 22.7 Å². The highest BCUT2D eigenvalue weighted by Crippen LogP contribution is 2.37. The molecule has 0 unspecified atom stereocenters. The molecule has 2 heterocycles. The first-order valence-corrected chi connectivity index (χ1v) is 13.7. The molecule has 0 bridgehead atoms. The van der Waals surface area contributed by atoms with Gasteiger partial charge in [0.1, 0.15) is 11.4 Å². The molecular formula is C29H34F3N3O2S. The number of imidazole rings is 1. The van der Waals surface area contributed by atoms with Crippen LogP contribution >= 0.6 is 11.8 Å². The number of ether oxygens (including phenoxy) is 1. The highest BCUT2D eigenvalue weighted by Gasteiger charge is 2.31. The van der Waals surface area contributed by atoms with Gasteiger partial charge >= 0.3 is 6.09 Å². The smallest absolute Gasteiger partial charge is 0.410 e. The summed E-state index contributed by atoms with van der Waals surface area (Å²) in [6.07, 6.45) is 3.19. The van der Waals surface area contributed by atoms with Gasteiger partial charge in [0.05, 0.1) is 11.9 Å². The summed E-state index contributed by atoms with van der Waals surface area (Å²) in [5.41, 5.74) is 0.875. The number of carbonyl (C=O) groups excluding carboxylic acids is 1. The number of halogens is 3. The van der Waals surface area contributed by atoms with Gasteiger partial charge < -0.3 is 9.64 Å². The molecule has 5 nitrogen and oxygen atoms in total. The van der Waals surface area contributed by atoms with Gasteiger partial charge in [-0.3, -0.25) is 4.57 Å². The number of thioether (sulfide) groups is 1. The third-order valence-corrected chi connectivity index (χ3v) is 7.99. The number of aromatic nitrogens is 2. The van der Waals surface area contributed by atoms with Crippen molar-refractivity contribution in [1.29, 1.82) is 0 Å². The van der Waals surface area contributed by atoms with E-state index < -0.39 is 22.7 Å². The molecule has 0 atom stereocenters. The lowest BCUT2D eigenvalue weighted by Crippen LogP contribution is -2.42. The maximum absolute atomic E-state index is 14.1. The Balaban J connectivity index is 1.54. The molecule has 2 aromatic carbocycles. The minimum absolute atomic E-state index is 0.278. The van der Waals surface area contributed by atoms with Crippen molar-refractivity contribution >= 4 is 17.9 Å².